The Labute approximate surface area is 137 Å². The van der Waals surface area contributed by atoms with E-state index in [2.05, 4.69) is 26.1 Å². The van der Waals surface area contributed by atoms with Crippen LogP contribution in [-0.4, -0.2) is 41.6 Å². The van der Waals surface area contributed by atoms with Crippen LogP contribution in [0.5, 0.6) is 0 Å². The van der Waals surface area contributed by atoms with E-state index < -0.39 is 0 Å². The number of thiophene rings is 1. The van der Waals surface area contributed by atoms with E-state index in [1.165, 1.54) is 11.3 Å². The van der Waals surface area contributed by atoms with Gasteiger partial charge in [-0.15, -0.1) is 11.3 Å². The second-order valence-electron chi connectivity index (χ2n) is 5.30. The smallest absolute Gasteiger partial charge is 0.272 e. The van der Waals surface area contributed by atoms with Gasteiger partial charge >= 0.3 is 0 Å². The van der Waals surface area contributed by atoms with Crippen LogP contribution >= 0.6 is 11.3 Å². The highest BCUT2D eigenvalue weighted by molar-refractivity contribution is 7.12. The zero-order valence-electron chi connectivity index (χ0n) is 12.6. The lowest BCUT2D eigenvalue weighted by molar-refractivity contribution is 0.0947. The minimum Gasteiger partial charge on any atom is -0.351 e. The van der Waals surface area contributed by atoms with Gasteiger partial charge in [0.15, 0.2) is 5.69 Å². The summed E-state index contributed by atoms with van der Waals surface area (Å²) in [6.45, 7) is 2.60. The molecule has 0 atom stereocenters. The molecule has 2 aromatic heterocycles. The summed E-state index contributed by atoms with van der Waals surface area (Å²) in [5.41, 5.74) is 2.46. The van der Waals surface area contributed by atoms with E-state index in [4.69, 9.17) is 0 Å². The summed E-state index contributed by atoms with van der Waals surface area (Å²) in [5.74, 6) is -0.241. The first-order valence-electron chi connectivity index (χ1n) is 7.62. The molecule has 122 valence electrons. The molecule has 0 spiro atoms. The number of hydrogen-bond donors (Lipinski definition) is 4. The summed E-state index contributed by atoms with van der Waals surface area (Å²) < 4.78 is 0. The minimum atomic E-state index is -0.171. The Kier molecular flexibility index (Phi) is 5.04. The van der Waals surface area contributed by atoms with Crippen LogP contribution in [-0.2, 0) is 13.0 Å². The van der Waals surface area contributed by atoms with Gasteiger partial charge in [0.2, 0.25) is 0 Å². The van der Waals surface area contributed by atoms with Crippen molar-refractivity contribution in [3.8, 4) is 0 Å². The number of nitrogens with zero attached hydrogens (tertiary/aromatic N) is 1. The summed E-state index contributed by atoms with van der Waals surface area (Å²) in [6, 6.07) is 3.63. The molecule has 0 unspecified atom stereocenters. The van der Waals surface area contributed by atoms with Crippen molar-refractivity contribution in [2.75, 3.05) is 19.6 Å². The van der Waals surface area contributed by atoms with Gasteiger partial charge in [-0.3, -0.25) is 14.7 Å². The zero-order valence-corrected chi connectivity index (χ0v) is 13.5. The van der Waals surface area contributed by atoms with E-state index >= 15 is 0 Å². The molecule has 0 aliphatic carbocycles. The molecule has 8 heteroatoms. The fourth-order valence-corrected chi connectivity index (χ4v) is 3.12. The fourth-order valence-electron chi connectivity index (χ4n) is 2.48. The number of aromatic nitrogens is 2. The maximum Gasteiger partial charge on any atom is 0.272 e. The van der Waals surface area contributed by atoms with Gasteiger partial charge in [0, 0.05) is 43.9 Å². The first-order valence-corrected chi connectivity index (χ1v) is 8.50. The van der Waals surface area contributed by atoms with Crippen molar-refractivity contribution >= 4 is 23.2 Å². The summed E-state index contributed by atoms with van der Waals surface area (Å²) in [6.07, 6.45) is 1.54. The van der Waals surface area contributed by atoms with Gasteiger partial charge < -0.3 is 16.0 Å². The van der Waals surface area contributed by atoms with E-state index in [1.54, 1.807) is 6.07 Å². The van der Waals surface area contributed by atoms with Crippen LogP contribution in [0.25, 0.3) is 0 Å². The van der Waals surface area contributed by atoms with Crippen LogP contribution in [0.4, 0.5) is 0 Å². The van der Waals surface area contributed by atoms with Crippen molar-refractivity contribution < 1.29 is 9.59 Å². The molecule has 0 bridgehead atoms. The number of fused-ring (bicyclic) bond motifs is 1. The van der Waals surface area contributed by atoms with Crippen LogP contribution in [0.3, 0.4) is 0 Å². The summed E-state index contributed by atoms with van der Waals surface area (Å²) in [5, 5.41) is 17.8. The Balaban J connectivity index is 1.40. The lowest BCUT2D eigenvalue weighted by atomic mass is 10.1. The van der Waals surface area contributed by atoms with Crippen molar-refractivity contribution in [2.45, 2.75) is 19.4 Å². The van der Waals surface area contributed by atoms with Gasteiger partial charge in [-0.1, -0.05) is 6.07 Å². The molecule has 1 aliphatic heterocycles. The largest absolute Gasteiger partial charge is 0.351 e. The molecule has 0 saturated heterocycles. The van der Waals surface area contributed by atoms with Gasteiger partial charge in [-0.25, -0.2) is 0 Å². The standard InChI is InChI=1S/C15H19N5O2S/c21-14(12-3-1-8-23-12)17-5-2-6-18-15(22)13-10-9-16-7-4-11(10)19-20-13/h1,3,8,16H,2,4-7,9H2,(H,17,21)(H,18,22)(H,19,20). The molecule has 4 N–H and O–H groups in total. The number of carbonyl (C=O) groups is 2. The Hall–Kier alpha value is -2.19. The van der Waals surface area contributed by atoms with Crippen LogP contribution < -0.4 is 16.0 Å². The number of H-pyrrole nitrogens is 1. The Morgan fingerprint density at radius 3 is 2.87 bits per heavy atom. The second-order valence-corrected chi connectivity index (χ2v) is 6.25. The highest BCUT2D eigenvalue weighted by atomic mass is 32.1. The van der Waals surface area contributed by atoms with E-state index in [-0.39, 0.29) is 11.8 Å². The molecular formula is C15H19N5O2S. The monoisotopic (exact) mass is 333 g/mol. The van der Waals surface area contributed by atoms with Crippen LogP contribution in [0, 0.1) is 0 Å². The first kappa shape index (κ1) is 15.7. The average molecular weight is 333 g/mol. The fraction of sp³-hybridized carbons (Fsp3) is 0.400. The number of amides is 2. The molecule has 3 heterocycles. The van der Waals surface area contributed by atoms with E-state index in [9.17, 15) is 9.59 Å². The molecule has 0 fully saturated rings. The van der Waals surface area contributed by atoms with Crippen molar-refractivity contribution in [3.63, 3.8) is 0 Å². The zero-order chi connectivity index (χ0) is 16.1. The molecule has 3 rings (SSSR count). The molecule has 1 aliphatic rings. The van der Waals surface area contributed by atoms with Crippen LogP contribution in [0.1, 0.15) is 37.8 Å². The van der Waals surface area contributed by atoms with Gasteiger partial charge in [-0.05, 0) is 17.9 Å². The normalized spacial score (nSPS) is 13.4. The number of rotatable bonds is 6. The summed E-state index contributed by atoms with van der Waals surface area (Å²) >= 11 is 1.41. The Morgan fingerprint density at radius 1 is 1.26 bits per heavy atom. The van der Waals surface area contributed by atoms with Crippen molar-refractivity contribution in [1.82, 2.24) is 26.1 Å². The van der Waals surface area contributed by atoms with E-state index in [0.717, 1.165) is 24.2 Å². The molecule has 2 amide bonds. The van der Waals surface area contributed by atoms with Gasteiger partial charge in [0.25, 0.3) is 11.8 Å². The molecule has 23 heavy (non-hydrogen) atoms. The lowest BCUT2D eigenvalue weighted by Gasteiger charge is -2.12. The summed E-state index contributed by atoms with van der Waals surface area (Å²) in [4.78, 5) is 24.6. The first-order chi connectivity index (χ1) is 11.3. The topological polar surface area (TPSA) is 98.9 Å². The van der Waals surface area contributed by atoms with Crippen molar-refractivity contribution in [1.29, 1.82) is 0 Å². The molecule has 0 saturated carbocycles. The van der Waals surface area contributed by atoms with E-state index in [1.807, 2.05) is 11.4 Å². The number of carbonyl (C=O) groups excluding carboxylic acids is 2. The van der Waals surface area contributed by atoms with E-state index in [0.29, 0.717) is 36.6 Å². The third-order valence-corrected chi connectivity index (χ3v) is 4.56. The van der Waals surface area contributed by atoms with Gasteiger partial charge in [0.1, 0.15) is 0 Å². The van der Waals surface area contributed by atoms with Crippen molar-refractivity contribution in [2.24, 2.45) is 0 Å². The lowest BCUT2D eigenvalue weighted by Crippen LogP contribution is -2.31. The number of nitrogens with one attached hydrogen (secondary N) is 4. The highest BCUT2D eigenvalue weighted by Crippen LogP contribution is 2.14. The third kappa shape index (κ3) is 3.77. The maximum atomic E-state index is 12.2. The number of hydrogen-bond acceptors (Lipinski definition) is 5. The SMILES string of the molecule is O=C(NCCCNC(=O)c1n[nH]c2c1CNCC2)c1cccs1. The second kappa shape index (κ2) is 7.38. The maximum absolute atomic E-state index is 12.2. The van der Waals surface area contributed by atoms with Crippen molar-refractivity contribution in [3.05, 3.63) is 39.3 Å². The van der Waals surface area contributed by atoms with Gasteiger partial charge in [0.05, 0.1) is 4.88 Å². The predicted octanol–water partition coefficient (Wildman–Crippen LogP) is 0.667. The highest BCUT2D eigenvalue weighted by Gasteiger charge is 2.21. The quantitative estimate of drug-likeness (QED) is 0.584. The summed E-state index contributed by atoms with van der Waals surface area (Å²) in [7, 11) is 0. The van der Waals surface area contributed by atoms with Crippen LogP contribution in [0.2, 0.25) is 0 Å². The Bertz CT molecular complexity index is 680. The average Bonchev–Trinajstić information content (AvgIpc) is 3.23. The molecular weight excluding hydrogens is 314 g/mol. The molecule has 2 aromatic rings. The van der Waals surface area contributed by atoms with Gasteiger partial charge in [-0.2, -0.15) is 5.10 Å². The van der Waals surface area contributed by atoms with Crippen LogP contribution in [0.15, 0.2) is 17.5 Å². The molecule has 0 aromatic carbocycles. The third-order valence-electron chi connectivity index (χ3n) is 3.69. The minimum absolute atomic E-state index is 0.0706. The Morgan fingerprint density at radius 2 is 2.09 bits per heavy atom. The molecule has 7 nitrogen and oxygen atoms in total. The predicted molar refractivity (Wildman–Crippen MR) is 87.6 cm³/mol. The molecule has 0 radical (unpaired) electrons. The number of aromatic amines is 1.